The molecule has 7 heteroatoms. The summed E-state index contributed by atoms with van der Waals surface area (Å²) in [6.07, 6.45) is 1.62. The fourth-order valence-electron chi connectivity index (χ4n) is 2.91. The van der Waals surface area contributed by atoms with Gasteiger partial charge < -0.3 is 9.15 Å². The number of ether oxygens (including phenoxy) is 1. The van der Waals surface area contributed by atoms with Gasteiger partial charge in [0.2, 0.25) is 5.82 Å². The molecule has 0 aliphatic carbocycles. The fraction of sp³-hybridized carbons (Fsp3) is 0.136. The number of rotatable bonds is 8. The van der Waals surface area contributed by atoms with Crippen molar-refractivity contribution in [3.63, 3.8) is 0 Å². The molecule has 0 N–H and O–H groups in total. The normalized spacial score (nSPS) is 10.8. The van der Waals surface area contributed by atoms with E-state index in [0.717, 1.165) is 10.8 Å². The molecule has 0 spiro atoms. The van der Waals surface area contributed by atoms with Crippen LogP contribution in [-0.2, 0) is 0 Å². The number of benzene rings is 2. The first-order valence-corrected chi connectivity index (χ1v) is 10.1. The molecule has 0 fully saturated rings. The molecule has 0 bridgehead atoms. The van der Waals surface area contributed by atoms with Gasteiger partial charge in [0, 0.05) is 11.4 Å². The minimum Gasteiger partial charge on any atom is -0.492 e. The third kappa shape index (κ3) is 4.25. The van der Waals surface area contributed by atoms with Crippen LogP contribution in [0.1, 0.15) is 17.3 Å². The van der Waals surface area contributed by atoms with Gasteiger partial charge in [-0.25, -0.2) is 0 Å². The molecule has 146 valence electrons. The maximum absolute atomic E-state index is 11.7. The summed E-state index contributed by atoms with van der Waals surface area (Å²) in [6, 6.07) is 20.9. The van der Waals surface area contributed by atoms with Crippen molar-refractivity contribution in [1.29, 1.82) is 0 Å². The molecule has 0 saturated heterocycles. The van der Waals surface area contributed by atoms with Crippen LogP contribution in [0.15, 0.2) is 82.6 Å². The van der Waals surface area contributed by atoms with Gasteiger partial charge in [-0.3, -0.25) is 9.36 Å². The van der Waals surface area contributed by atoms with Crippen LogP contribution in [0, 0.1) is 0 Å². The molecule has 0 amide bonds. The van der Waals surface area contributed by atoms with Crippen molar-refractivity contribution in [2.24, 2.45) is 0 Å². The first kappa shape index (κ1) is 19.0. The molecule has 4 rings (SSSR count). The van der Waals surface area contributed by atoms with E-state index in [4.69, 9.17) is 9.15 Å². The molecular weight excluding hydrogens is 386 g/mol. The number of ketones is 1. The zero-order valence-corrected chi connectivity index (χ0v) is 16.6. The number of furan rings is 1. The second kappa shape index (κ2) is 8.79. The maximum atomic E-state index is 11.7. The molecule has 0 radical (unpaired) electrons. The Balaban J connectivity index is 1.51. The molecule has 2 aromatic carbocycles. The van der Waals surface area contributed by atoms with Crippen LogP contribution in [0.5, 0.6) is 5.75 Å². The molecular formula is C22H19N3O3S. The minimum absolute atomic E-state index is 0.0137. The van der Waals surface area contributed by atoms with Crippen molar-refractivity contribution in [3.8, 4) is 23.0 Å². The lowest BCUT2D eigenvalue weighted by Crippen LogP contribution is -2.06. The summed E-state index contributed by atoms with van der Waals surface area (Å²) >= 11 is 1.53. The summed E-state index contributed by atoms with van der Waals surface area (Å²) in [4.78, 5) is 11.7. The van der Waals surface area contributed by atoms with Crippen LogP contribution < -0.4 is 4.74 Å². The first-order chi connectivity index (χ1) is 14.2. The molecule has 2 aromatic heterocycles. The second-order valence-corrected chi connectivity index (χ2v) is 7.27. The Kier molecular flexibility index (Phi) is 5.76. The summed E-state index contributed by atoms with van der Waals surface area (Å²) in [5.74, 6) is 2.53. The van der Waals surface area contributed by atoms with Crippen LogP contribution in [0.25, 0.3) is 17.3 Å². The number of carbonyl (C=O) groups is 1. The number of hydrogen-bond acceptors (Lipinski definition) is 6. The van der Waals surface area contributed by atoms with Crippen LogP contribution in [-0.4, -0.2) is 32.9 Å². The fourth-order valence-corrected chi connectivity index (χ4v) is 3.68. The van der Waals surface area contributed by atoms with Gasteiger partial charge in [-0.15, -0.1) is 10.2 Å². The van der Waals surface area contributed by atoms with Crippen LogP contribution in [0.3, 0.4) is 0 Å². The van der Waals surface area contributed by atoms with Crippen LogP contribution in [0.2, 0.25) is 0 Å². The number of para-hydroxylation sites is 2. The predicted octanol–water partition coefficient (Wildman–Crippen LogP) is 4.90. The Morgan fingerprint density at radius 3 is 2.59 bits per heavy atom. The van der Waals surface area contributed by atoms with Crippen molar-refractivity contribution >= 4 is 17.5 Å². The van der Waals surface area contributed by atoms with E-state index in [-0.39, 0.29) is 5.78 Å². The highest BCUT2D eigenvalue weighted by Gasteiger charge is 2.18. The van der Waals surface area contributed by atoms with E-state index in [9.17, 15) is 4.79 Å². The van der Waals surface area contributed by atoms with Gasteiger partial charge in [-0.05, 0) is 43.3 Å². The molecule has 0 atom stereocenters. The van der Waals surface area contributed by atoms with Crippen molar-refractivity contribution in [3.05, 3.63) is 78.6 Å². The summed E-state index contributed by atoms with van der Waals surface area (Å²) < 4.78 is 13.3. The molecule has 2 heterocycles. The van der Waals surface area contributed by atoms with Gasteiger partial charge in [0.25, 0.3) is 0 Å². The van der Waals surface area contributed by atoms with Crippen molar-refractivity contribution in [2.75, 3.05) is 12.4 Å². The summed E-state index contributed by atoms with van der Waals surface area (Å²) in [7, 11) is 0. The Morgan fingerprint density at radius 2 is 1.83 bits per heavy atom. The lowest BCUT2D eigenvalue weighted by Gasteiger charge is -2.11. The largest absolute Gasteiger partial charge is 0.492 e. The highest BCUT2D eigenvalue weighted by molar-refractivity contribution is 7.99. The van der Waals surface area contributed by atoms with Gasteiger partial charge in [-0.1, -0.05) is 42.1 Å². The zero-order valence-electron chi connectivity index (χ0n) is 15.8. The second-order valence-electron chi connectivity index (χ2n) is 6.20. The number of hydrogen-bond donors (Lipinski definition) is 0. The Morgan fingerprint density at radius 1 is 1.03 bits per heavy atom. The van der Waals surface area contributed by atoms with Gasteiger partial charge in [0.1, 0.15) is 5.75 Å². The number of thioether (sulfide) groups is 1. The number of aromatic nitrogens is 3. The van der Waals surface area contributed by atoms with Crippen molar-refractivity contribution in [2.45, 2.75) is 12.1 Å². The third-order valence-corrected chi connectivity index (χ3v) is 5.12. The van der Waals surface area contributed by atoms with Gasteiger partial charge in [-0.2, -0.15) is 0 Å². The average molecular weight is 405 g/mol. The zero-order chi connectivity index (χ0) is 20.1. The number of nitrogens with zero attached hydrogens (tertiary/aromatic N) is 3. The Bertz CT molecular complexity index is 1090. The molecule has 6 nitrogen and oxygen atoms in total. The SMILES string of the molecule is CC(=O)c1ccccc1OCCSc1nnc(-c2ccco2)n1-c1ccccc1. The molecule has 0 aliphatic rings. The van der Waals surface area contributed by atoms with Gasteiger partial charge >= 0.3 is 0 Å². The van der Waals surface area contributed by atoms with Crippen LogP contribution in [0.4, 0.5) is 0 Å². The van der Waals surface area contributed by atoms with Crippen LogP contribution >= 0.6 is 11.8 Å². The molecule has 0 unspecified atom stereocenters. The summed E-state index contributed by atoms with van der Waals surface area (Å²) in [6.45, 7) is 1.97. The van der Waals surface area contributed by atoms with E-state index in [1.165, 1.54) is 18.7 Å². The van der Waals surface area contributed by atoms with Gasteiger partial charge in [0.15, 0.2) is 16.7 Å². The summed E-state index contributed by atoms with van der Waals surface area (Å²) in [5.41, 5.74) is 1.54. The number of Topliss-reactive ketones (excluding diaryl/α,β-unsaturated/α-hetero) is 1. The quantitative estimate of drug-likeness (QED) is 0.236. The number of carbonyl (C=O) groups excluding carboxylic acids is 1. The highest BCUT2D eigenvalue weighted by Crippen LogP contribution is 2.28. The standard InChI is InChI=1S/C22H19N3O3S/c1-16(26)18-10-5-6-11-19(18)28-14-15-29-22-24-23-21(20-12-7-13-27-20)25(22)17-8-3-2-4-9-17/h2-13H,14-15H2,1H3. The van der Waals surface area contributed by atoms with E-state index >= 15 is 0 Å². The minimum atomic E-state index is -0.0137. The average Bonchev–Trinajstić information content (AvgIpc) is 3.42. The van der Waals surface area contributed by atoms with Crippen molar-refractivity contribution in [1.82, 2.24) is 14.8 Å². The molecule has 29 heavy (non-hydrogen) atoms. The van der Waals surface area contributed by atoms with E-state index < -0.39 is 0 Å². The first-order valence-electron chi connectivity index (χ1n) is 9.14. The molecule has 0 saturated carbocycles. The lowest BCUT2D eigenvalue weighted by atomic mass is 10.1. The topological polar surface area (TPSA) is 70.2 Å². The molecule has 0 aliphatic heterocycles. The predicted molar refractivity (Wildman–Crippen MR) is 112 cm³/mol. The lowest BCUT2D eigenvalue weighted by molar-refractivity contribution is 0.101. The van der Waals surface area contributed by atoms with E-state index in [1.54, 1.807) is 12.3 Å². The monoisotopic (exact) mass is 405 g/mol. The van der Waals surface area contributed by atoms with Gasteiger partial charge in [0.05, 0.1) is 18.4 Å². The third-order valence-electron chi connectivity index (χ3n) is 4.23. The van der Waals surface area contributed by atoms with E-state index in [2.05, 4.69) is 10.2 Å². The van der Waals surface area contributed by atoms with E-state index in [0.29, 0.717) is 35.3 Å². The van der Waals surface area contributed by atoms with E-state index in [1.807, 2.05) is 65.2 Å². The van der Waals surface area contributed by atoms with Crippen molar-refractivity contribution < 1.29 is 13.9 Å². The highest BCUT2D eigenvalue weighted by atomic mass is 32.2. The smallest absolute Gasteiger partial charge is 0.205 e. The Hall–Kier alpha value is -3.32. The Labute approximate surface area is 172 Å². The summed E-state index contributed by atoms with van der Waals surface area (Å²) in [5, 5.41) is 9.41. The maximum Gasteiger partial charge on any atom is 0.205 e. The molecule has 4 aromatic rings.